The molecule has 2 aromatic rings. The molecule has 1 aromatic heterocycles. The van der Waals surface area contributed by atoms with Crippen LogP contribution in [0.1, 0.15) is 26.0 Å². The van der Waals surface area contributed by atoms with Crippen LogP contribution in [0.25, 0.3) is 11.5 Å². The average Bonchev–Trinajstić information content (AvgIpc) is 3.01. The Morgan fingerprint density at radius 2 is 2.09 bits per heavy atom. The highest BCUT2D eigenvalue weighted by Crippen LogP contribution is 2.19. The molecule has 1 aromatic carbocycles. The lowest BCUT2D eigenvalue weighted by molar-refractivity contribution is -0.120. The number of nitrogens with zero attached hydrogens (tertiary/aromatic N) is 1. The molecule has 118 valence electrons. The van der Waals surface area contributed by atoms with E-state index in [2.05, 4.69) is 10.3 Å². The molecular weight excluding hydrogens is 300 g/mol. The Hall–Kier alpha value is -1.95. The van der Waals surface area contributed by atoms with Gasteiger partial charge in [-0.15, -0.1) is 0 Å². The lowest BCUT2D eigenvalue weighted by Gasteiger charge is -2.10. The molecule has 0 saturated carbocycles. The fourth-order valence-electron chi connectivity index (χ4n) is 1.87. The third kappa shape index (κ3) is 4.27. The first-order chi connectivity index (χ1) is 10.6. The fraction of sp³-hybridized carbons (Fsp3) is 0.375. The number of carbonyl (C=O) groups is 1. The van der Waals surface area contributed by atoms with Crippen molar-refractivity contribution < 1.29 is 13.4 Å². The van der Waals surface area contributed by atoms with E-state index >= 15 is 0 Å². The Labute approximate surface area is 132 Å². The Morgan fingerprint density at radius 3 is 2.77 bits per heavy atom. The maximum atomic E-state index is 12.2. The summed E-state index contributed by atoms with van der Waals surface area (Å²) in [6.45, 7) is 4.24. The van der Waals surface area contributed by atoms with E-state index in [1.165, 1.54) is 6.26 Å². The summed E-state index contributed by atoms with van der Waals surface area (Å²) in [6, 6.07) is 9.51. The SMILES string of the molecule is CCCNC(=O)[C@H](C)[S@](=O)Cc1coc(-c2ccccc2)n1. The zero-order valence-corrected chi connectivity index (χ0v) is 13.6. The molecule has 0 aliphatic heterocycles. The van der Waals surface area contributed by atoms with Crippen molar-refractivity contribution in [3.63, 3.8) is 0 Å². The van der Waals surface area contributed by atoms with Crippen molar-refractivity contribution in [2.24, 2.45) is 0 Å². The predicted molar refractivity (Wildman–Crippen MR) is 86.5 cm³/mol. The standard InChI is InChI=1S/C16H20N2O3S/c1-3-9-17-15(19)12(2)22(20)11-14-10-21-16(18-14)13-7-5-4-6-8-13/h4-8,10,12H,3,9,11H2,1-2H3,(H,17,19)/t12-,22+/m0/s1. The molecule has 0 spiro atoms. The molecule has 0 fully saturated rings. The van der Waals surface area contributed by atoms with Crippen LogP contribution in [0.5, 0.6) is 0 Å². The van der Waals surface area contributed by atoms with Crippen LogP contribution in [0.15, 0.2) is 41.0 Å². The third-order valence-electron chi connectivity index (χ3n) is 3.18. The molecule has 0 saturated heterocycles. The molecule has 6 heteroatoms. The minimum Gasteiger partial charge on any atom is -0.444 e. The van der Waals surface area contributed by atoms with Crippen molar-refractivity contribution in [3.8, 4) is 11.5 Å². The molecule has 0 aliphatic rings. The van der Waals surface area contributed by atoms with Crippen LogP contribution >= 0.6 is 0 Å². The van der Waals surface area contributed by atoms with Crippen molar-refractivity contribution in [1.82, 2.24) is 10.3 Å². The van der Waals surface area contributed by atoms with Crippen molar-refractivity contribution >= 4 is 16.7 Å². The van der Waals surface area contributed by atoms with Gasteiger partial charge in [0.1, 0.15) is 11.5 Å². The molecule has 22 heavy (non-hydrogen) atoms. The van der Waals surface area contributed by atoms with Crippen molar-refractivity contribution in [2.45, 2.75) is 31.3 Å². The molecule has 0 unspecified atom stereocenters. The number of aromatic nitrogens is 1. The fourth-order valence-corrected chi connectivity index (χ4v) is 2.86. The number of oxazole rings is 1. The Bertz CT molecular complexity index is 640. The number of amides is 1. The lowest BCUT2D eigenvalue weighted by atomic mass is 10.2. The zero-order valence-electron chi connectivity index (χ0n) is 12.7. The van der Waals surface area contributed by atoms with E-state index in [1.807, 2.05) is 37.3 Å². The highest BCUT2D eigenvalue weighted by molar-refractivity contribution is 7.85. The Balaban J connectivity index is 1.98. The summed E-state index contributed by atoms with van der Waals surface area (Å²) >= 11 is 0. The van der Waals surface area contributed by atoms with Crippen LogP contribution < -0.4 is 5.32 Å². The van der Waals surface area contributed by atoms with Gasteiger partial charge in [-0.3, -0.25) is 9.00 Å². The summed E-state index contributed by atoms with van der Waals surface area (Å²) in [5.74, 6) is 0.513. The largest absolute Gasteiger partial charge is 0.444 e. The van der Waals surface area contributed by atoms with Gasteiger partial charge in [0.2, 0.25) is 11.8 Å². The number of benzene rings is 1. The van der Waals surface area contributed by atoms with Crippen LogP contribution in [-0.2, 0) is 21.3 Å². The van der Waals surface area contributed by atoms with E-state index in [0.717, 1.165) is 12.0 Å². The normalized spacial score (nSPS) is 13.5. The average molecular weight is 320 g/mol. The predicted octanol–water partition coefficient (Wildman–Crippen LogP) is 2.51. The smallest absolute Gasteiger partial charge is 0.235 e. The molecule has 2 atom stereocenters. The number of nitrogens with one attached hydrogen (secondary N) is 1. The summed E-state index contributed by atoms with van der Waals surface area (Å²) in [4.78, 5) is 16.1. The lowest BCUT2D eigenvalue weighted by Crippen LogP contribution is -2.36. The van der Waals surface area contributed by atoms with Gasteiger partial charge in [0.25, 0.3) is 0 Å². The number of rotatable bonds is 7. The maximum Gasteiger partial charge on any atom is 0.235 e. The van der Waals surface area contributed by atoms with Gasteiger partial charge in [-0.25, -0.2) is 4.98 Å². The number of hydrogen-bond acceptors (Lipinski definition) is 4. The molecule has 0 radical (unpaired) electrons. The number of carbonyl (C=O) groups excluding carboxylic acids is 1. The van der Waals surface area contributed by atoms with Gasteiger partial charge in [-0.1, -0.05) is 25.1 Å². The van der Waals surface area contributed by atoms with Crippen LogP contribution in [0.4, 0.5) is 0 Å². The monoisotopic (exact) mass is 320 g/mol. The van der Waals surface area contributed by atoms with E-state index in [9.17, 15) is 9.00 Å². The minimum atomic E-state index is -1.33. The van der Waals surface area contributed by atoms with Crippen LogP contribution in [0.2, 0.25) is 0 Å². The molecular formula is C16H20N2O3S. The molecule has 0 bridgehead atoms. The summed E-state index contributed by atoms with van der Waals surface area (Å²) in [6.07, 6.45) is 2.35. The molecule has 0 aliphatic carbocycles. The topological polar surface area (TPSA) is 72.2 Å². The zero-order chi connectivity index (χ0) is 15.9. The van der Waals surface area contributed by atoms with E-state index in [4.69, 9.17) is 4.42 Å². The summed E-state index contributed by atoms with van der Waals surface area (Å²) < 4.78 is 17.6. The quantitative estimate of drug-likeness (QED) is 0.851. The summed E-state index contributed by atoms with van der Waals surface area (Å²) in [5, 5.41) is 2.19. The Morgan fingerprint density at radius 1 is 1.36 bits per heavy atom. The van der Waals surface area contributed by atoms with Gasteiger partial charge in [0.15, 0.2) is 0 Å². The van der Waals surface area contributed by atoms with Crippen molar-refractivity contribution in [3.05, 3.63) is 42.3 Å². The van der Waals surface area contributed by atoms with Crippen LogP contribution in [0.3, 0.4) is 0 Å². The first-order valence-electron chi connectivity index (χ1n) is 7.26. The second-order valence-corrected chi connectivity index (χ2v) is 6.73. The van der Waals surface area contributed by atoms with E-state index in [1.54, 1.807) is 6.92 Å². The maximum absolute atomic E-state index is 12.2. The van der Waals surface area contributed by atoms with Crippen LogP contribution in [-0.4, -0.2) is 26.9 Å². The van der Waals surface area contributed by atoms with E-state index < -0.39 is 16.0 Å². The van der Waals surface area contributed by atoms with Gasteiger partial charge in [0.05, 0.1) is 11.4 Å². The molecule has 1 heterocycles. The van der Waals surface area contributed by atoms with Gasteiger partial charge < -0.3 is 9.73 Å². The van der Waals surface area contributed by atoms with Gasteiger partial charge >= 0.3 is 0 Å². The van der Waals surface area contributed by atoms with Crippen LogP contribution in [0, 0.1) is 0 Å². The summed E-state index contributed by atoms with van der Waals surface area (Å²) in [7, 11) is -1.33. The van der Waals surface area contributed by atoms with E-state index in [-0.39, 0.29) is 11.7 Å². The van der Waals surface area contributed by atoms with Crippen molar-refractivity contribution in [2.75, 3.05) is 6.54 Å². The highest BCUT2D eigenvalue weighted by Gasteiger charge is 2.21. The van der Waals surface area contributed by atoms with Gasteiger partial charge in [-0.2, -0.15) is 0 Å². The molecule has 5 nitrogen and oxygen atoms in total. The van der Waals surface area contributed by atoms with Crippen molar-refractivity contribution in [1.29, 1.82) is 0 Å². The molecule has 1 N–H and O–H groups in total. The van der Waals surface area contributed by atoms with Gasteiger partial charge in [0, 0.05) is 22.9 Å². The van der Waals surface area contributed by atoms with Gasteiger partial charge in [-0.05, 0) is 25.5 Å². The molecule has 2 rings (SSSR count). The highest BCUT2D eigenvalue weighted by atomic mass is 32.2. The first-order valence-corrected chi connectivity index (χ1v) is 8.64. The second kappa shape index (κ2) is 7.89. The summed E-state index contributed by atoms with van der Waals surface area (Å²) in [5.41, 5.74) is 1.46. The minimum absolute atomic E-state index is 0.188. The third-order valence-corrected chi connectivity index (χ3v) is 4.76. The molecule has 1 amide bonds. The van der Waals surface area contributed by atoms with E-state index in [0.29, 0.717) is 18.1 Å². The number of hydrogen-bond donors (Lipinski definition) is 1. The Kier molecular flexibility index (Phi) is 5.89. The first kappa shape index (κ1) is 16.4. The second-order valence-electron chi connectivity index (χ2n) is 4.97.